The Hall–Kier alpha value is -7.94. The van der Waals surface area contributed by atoms with E-state index in [0.29, 0.717) is 0 Å². The Kier molecular flexibility index (Phi) is 7.26. The first-order chi connectivity index (χ1) is 30.3. The van der Waals surface area contributed by atoms with Gasteiger partial charge in [0.15, 0.2) is 0 Å². The maximum atomic E-state index is 2.47. The number of benzene rings is 10. The second kappa shape index (κ2) is 13.0. The van der Waals surface area contributed by atoms with Gasteiger partial charge in [-0.2, -0.15) is 0 Å². The Morgan fingerprint density at radius 1 is 0.328 bits per heavy atom. The predicted octanol–water partition coefficient (Wildman–Crippen LogP) is 15.4. The number of hydrogen-bond acceptors (Lipinski definition) is 1. The normalized spacial score (nSPS) is 13.0. The average molecular weight is 775 g/mol. The molecule has 0 amide bonds. The lowest BCUT2D eigenvalue weighted by atomic mass is 9.58. The van der Waals surface area contributed by atoms with E-state index < -0.39 is 0 Å². The third kappa shape index (κ3) is 4.85. The van der Waals surface area contributed by atoms with Crippen molar-refractivity contribution in [3.8, 4) is 39.1 Å². The summed E-state index contributed by atoms with van der Waals surface area (Å²) in [4.78, 5) is 2.40. The van der Waals surface area contributed by atoms with Gasteiger partial charge in [-0.1, -0.05) is 164 Å². The van der Waals surface area contributed by atoms with Crippen LogP contribution in [0.1, 0.15) is 22.3 Å². The first-order valence-corrected chi connectivity index (χ1v) is 21.2. The Labute approximate surface area is 354 Å². The molecule has 13 rings (SSSR count). The molecule has 10 aromatic carbocycles. The van der Waals surface area contributed by atoms with Crippen LogP contribution in [-0.2, 0) is 5.41 Å². The van der Waals surface area contributed by atoms with Gasteiger partial charge in [-0.3, -0.25) is 0 Å². The van der Waals surface area contributed by atoms with Gasteiger partial charge >= 0.3 is 0 Å². The number of fused-ring (bicyclic) bond motifs is 10. The molecule has 0 N–H and O–H groups in total. The van der Waals surface area contributed by atoms with E-state index in [0.717, 1.165) is 22.7 Å². The molecule has 11 aromatic rings. The van der Waals surface area contributed by atoms with Crippen LogP contribution in [0.25, 0.3) is 71.6 Å². The first-order valence-electron chi connectivity index (χ1n) is 21.2. The molecule has 1 heterocycles. The smallest absolute Gasteiger partial charge is 0.0725 e. The quantitative estimate of drug-likeness (QED) is 0.163. The number of anilines is 3. The van der Waals surface area contributed by atoms with Crippen LogP contribution in [0, 0.1) is 0 Å². The summed E-state index contributed by atoms with van der Waals surface area (Å²) < 4.78 is 2.38. The fraction of sp³-hybridized carbons (Fsp3) is 0.0169. The van der Waals surface area contributed by atoms with E-state index in [1.165, 1.54) is 88.2 Å². The molecule has 0 saturated heterocycles. The van der Waals surface area contributed by atoms with E-state index in [1.54, 1.807) is 0 Å². The fourth-order valence-electron chi connectivity index (χ4n) is 10.7. The summed E-state index contributed by atoms with van der Waals surface area (Å²) >= 11 is 0. The summed E-state index contributed by atoms with van der Waals surface area (Å²) in [6, 6.07) is 84.9. The Bertz CT molecular complexity index is 3470. The molecule has 0 bridgehead atoms. The van der Waals surface area contributed by atoms with E-state index in [4.69, 9.17) is 0 Å². The monoisotopic (exact) mass is 774 g/mol. The van der Waals surface area contributed by atoms with Gasteiger partial charge < -0.3 is 9.47 Å². The summed E-state index contributed by atoms with van der Waals surface area (Å²) in [7, 11) is 0. The largest absolute Gasteiger partial charge is 0.310 e. The highest BCUT2D eigenvalue weighted by molar-refractivity contribution is 6.11. The molecule has 0 radical (unpaired) electrons. The number of rotatable bonds is 6. The number of para-hydroxylation sites is 2. The van der Waals surface area contributed by atoms with Gasteiger partial charge in [-0.15, -0.1) is 0 Å². The minimum atomic E-state index is -0.261. The predicted molar refractivity (Wildman–Crippen MR) is 255 cm³/mol. The van der Waals surface area contributed by atoms with E-state index in [9.17, 15) is 0 Å². The summed E-state index contributed by atoms with van der Waals surface area (Å²) in [6.45, 7) is 0. The lowest BCUT2D eigenvalue weighted by Crippen LogP contribution is -2.36. The topological polar surface area (TPSA) is 8.17 Å². The second-order valence-corrected chi connectivity index (χ2v) is 16.4. The van der Waals surface area contributed by atoms with E-state index in [-0.39, 0.29) is 5.41 Å². The lowest BCUT2D eigenvalue weighted by Gasteiger charge is -2.43. The van der Waals surface area contributed by atoms with Crippen LogP contribution >= 0.6 is 0 Å². The average Bonchev–Trinajstić information content (AvgIpc) is 3.83. The second-order valence-electron chi connectivity index (χ2n) is 16.4. The zero-order valence-electron chi connectivity index (χ0n) is 33.3. The highest BCUT2D eigenvalue weighted by Gasteiger charge is 2.53. The molecule has 284 valence electrons. The van der Waals surface area contributed by atoms with E-state index in [1.807, 2.05) is 0 Å². The van der Waals surface area contributed by atoms with Crippen molar-refractivity contribution in [3.05, 3.63) is 253 Å². The molecule has 0 atom stereocenters. The molecular weight excluding hydrogens is 737 g/mol. The lowest BCUT2D eigenvalue weighted by molar-refractivity contribution is 0.745. The molecule has 2 heteroatoms. The van der Waals surface area contributed by atoms with Crippen molar-refractivity contribution in [1.82, 2.24) is 4.57 Å². The number of nitrogens with zero attached hydrogens (tertiary/aromatic N) is 2. The molecular formula is C59H38N2. The molecule has 2 nitrogen and oxygen atoms in total. The molecule has 0 unspecified atom stereocenters. The molecule has 1 aromatic heterocycles. The molecule has 61 heavy (non-hydrogen) atoms. The van der Waals surface area contributed by atoms with Crippen molar-refractivity contribution in [2.75, 3.05) is 4.90 Å². The van der Waals surface area contributed by atoms with Gasteiger partial charge in [0, 0.05) is 33.5 Å². The van der Waals surface area contributed by atoms with Crippen molar-refractivity contribution >= 4 is 49.6 Å². The van der Waals surface area contributed by atoms with E-state index >= 15 is 0 Å². The Balaban J connectivity index is 0.940. The summed E-state index contributed by atoms with van der Waals surface area (Å²) in [5.41, 5.74) is 19.7. The zero-order valence-corrected chi connectivity index (χ0v) is 33.3. The molecule has 2 aliphatic carbocycles. The van der Waals surface area contributed by atoms with Gasteiger partial charge in [-0.25, -0.2) is 0 Å². The van der Waals surface area contributed by atoms with Gasteiger partial charge in [0.2, 0.25) is 0 Å². The fourth-order valence-corrected chi connectivity index (χ4v) is 10.7. The van der Waals surface area contributed by atoms with Gasteiger partial charge in [0.05, 0.1) is 16.4 Å². The highest BCUT2D eigenvalue weighted by atomic mass is 15.1. The standard InChI is InChI=1S/C59H38N2/c1-3-13-39(14-4-1)40-25-30-45(31-26-40)60(47-34-36-57-51(38-47)50-20-8-10-24-56(50)61(57)44-17-5-2-6-18-44)46-32-27-41(28-33-46)43-29-35-49-48-19-7-9-21-52(48)59(55(49)37-43)53-22-11-15-42-16-12-23-54(59)58(42)53/h1-38H. The maximum absolute atomic E-state index is 2.47. The summed E-state index contributed by atoms with van der Waals surface area (Å²) in [6.07, 6.45) is 0. The minimum absolute atomic E-state index is 0.261. The summed E-state index contributed by atoms with van der Waals surface area (Å²) in [5, 5.41) is 5.18. The van der Waals surface area contributed by atoms with Crippen LogP contribution in [0.5, 0.6) is 0 Å². The van der Waals surface area contributed by atoms with Gasteiger partial charge in [0.1, 0.15) is 0 Å². The van der Waals surface area contributed by atoms with Crippen LogP contribution in [0.4, 0.5) is 17.1 Å². The molecule has 0 fully saturated rings. The number of aromatic nitrogens is 1. The third-order valence-corrected chi connectivity index (χ3v) is 13.4. The zero-order chi connectivity index (χ0) is 40.1. The van der Waals surface area contributed by atoms with E-state index in [2.05, 4.69) is 240 Å². The van der Waals surface area contributed by atoms with Crippen molar-refractivity contribution in [3.63, 3.8) is 0 Å². The molecule has 0 saturated carbocycles. The third-order valence-electron chi connectivity index (χ3n) is 13.4. The SMILES string of the molecule is c1ccc(-c2ccc(N(c3ccc(-c4ccc5c(c4)C4(c6ccccc6-5)c5cccc6cccc4c56)cc3)c3ccc4c(c3)c3ccccc3n4-c3ccccc3)cc2)cc1. The molecule has 0 aliphatic heterocycles. The summed E-state index contributed by atoms with van der Waals surface area (Å²) in [5.74, 6) is 0. The number of hydrogen-bond donors (Lipinski definition) is 0. The van der Waals surface area contributed by atoms with Crippen molar-refractivity contribution in [2.45, 2.75) is 5.41 Å². The van der Waals surface area contributed by atoms with Crippen LogP contribution in [0.2, 0.25) is 0 Å². The van der Waals surface area contributed by atoms with Gasteiger partial charge in [-0.05, 0) is 133 Å². The Morgan fingerprint density at radius 3 is 1.61 bits per heavy atom. The molecule has 1 spiro atoms. The first kappa shape index (κ1) is 34.0. The molecule has 2 aliphatic rings. The minimum Gasteiger partial charge on any atom is -0.310 e. The highest BCUT2D eigenvalue weighted by Crippen LogP contribution is 2.64. The van der Waals surface area contributed by atoms with Crippen LogP contribution in [0.3, 0.4) is 0 Å². The van der Waals surface area contributed by atoms with Crippen LogP contribution < -0.4 is 4.90 Å². The van der Waals surface area contributed by atoms with Crippen molar-refractivity contribution in [1.29, 1.82) is 0 Å². The van der Waals surface area contributed by atoms with Crippen LogP contribution in [-0.4, -0.2) is 4.57 Å². The Morgan fingerprint density at radius 2 is 0.869 bits per heavy atom. The van der Waals surface area contributed by atoms with Crippen LogP contribution in [0.15, 0.2) is 231 Å². The van der Waals surface area contributed by atoms with Gasteiger partial charge in [0.25, 0.3) is 0 Å². The van der Waals surface area contributed by atoms with Crippen molar-refractivity contribution in [2.24, 2.45) is 0 Å². The maximum Gasteiger partial charge on any atom is 0.0725 e. The van der Waals surface area contributed by atoms with Crippen molar-refractivity contribution < 1.29 is 0 Å².